The molecule has 0 aromatic heterocycles. The lowest BCUT2D eigenvalue weighted by Gasteiger charge is -2.37. The second kappa shape index (κ2) is 8.87. The smallest absolute Gasteiger partial charge is 0.317 e. The summed E-state index contributed by atoms with van der Waals surface area (Å²) in [6.07, 6.45) is 0. The number of amides is 2. The predicted molar refractivity (Wildman–Crippen MR) is 111 cm³/mol. The second-order valence-corrected chi connectivity index (χ2v) is 7.06. The zero-order valence-corrected chi connectivity index (χ0v) is 17.1. The third kappa shape index (κ3) is 4.32. The minimum atomic E-state index is -0.0315. The summed E-state index contributed by atoms with van der Waals surface area (Å²) in [6, 6.07) is 12.0. The maximum Gasteiger partial charge on any atom is 0.317 e. The minimum absolute atomic E-state index is 0.0315. The summed E-state index contributed by atoms with van der Waals surface area (Å²) in [6.45, 7) is 7.85. The van der Waals surface area contributed by atoms with E-state index >= 15 is 0 Å². The Kier molecular flexibility index (Phi) is 6.29. The van der Waals surface area contributed by atoms with Crippen LogP contribution in [-0.4, -0.2) is 51.3 Å². The van der Waals surface area contributed by atoms with Gasteiger partial charge in [-0.15, -0.1) is 0 Å². The number of methoxy groups -OCH3 is 2. The Morgan fingerprint density at radius 2 is 1.61 bits per heavy atom. The van der Waals surface area contributed by atoms with Crippen molar-refractivity contribution in [2.45, 2.75) is 20.4 Å². The summed E-state index contributed by atoms with van der Waals surface area (Å²) in [7, 11) is 3.22. The Morgan fingerprint density at radius 3 is 2.21 bits per heavy atom. The largest absolute Gasteiger partial charge is 0.493 e. The first kappa shape index (κ1) is 19.9. The fourth-order valence-electron chi connectivity index (χ4n) is 3.72. The van der Waals surface area contributed by atoms with E-state index in [-0.39, 0.29) is 6.03 Å². The van der Waals surface area contributed by atoms with Gasteiger partial charge in [0.05, 0.1) is 14.2 Å². The highest BCUT2D eigenvalue weighted by Crippen LogP contribution is 2.28. The normalized spacial score (nSPS) is 14.0. The Labute approximate surface area is 167 Å². The predicted octanol–water partition coefficient (Wildman–Crippen LogP) is 3.35. The van der Waals surface area contributed by atoms with Gasteiger partial charge in [-0.2, -0.15) is 0 Å². The second-order valence-electron chi connectivity index (χ2n) is 7.06. The van der Waals surface area contributed by atoms with Crippen molar-refractivity contribution in [1.29, 1.82) is 0 Å². The Morgan fingerprint density at radius 1 is 0.964 bits per heavy atom. The van der Waals surface area contributed by atoms with Crippen LogP contribution >= 0.6 is 0 Å². The molecule has 1 N–H and O–H groups in total. The lowest BCUT2D eigenvalue weighted by molar-refractivity contribution is 0.194. The number of nitrogens with one attached hydrogen (secondary N) is 1. The topological polar surface area (TPSA) is 54.0 Å². The molecule has 0 atom stereocenters. The van der Waals surface area contributed by atoms with Crippen LogP contribution < -0.4 is 19.7 Å². The molecule has 3 rings (SSSR count). The molecular weight excluding hydrogens is 354 g/mol. The molecule has 6 heteroatoms. The number of hydrogen-bond donors (Lipinski definition) is 1. The number of rotatable bonds is 5. The van der Waals surface area contributed by atoms with Crippen LogP contribution in [0.15, 0.2) is 36.4 Å². The SMILES string of the molecule is COc1ccc(CNC(=O)N2CCN(c3c(C)cccc3C)CC2)cc1OC. The number of aryl methyl sites for hydroxylation is 2. The number of ether oxygens (including phenoxy) is 2. The van der Waals surface area contributed by atoms with Gasteiger partial charge in [-0.3, -0.25) is 0 Å². The van der Waals surface area contributed by atoms with Gasteiger partial charge in [-0.05, 0) is 42.7 Å². The van der Waals surface area contributed by atoms with Crippen molar-refractivity contribution in [3.63, 3.8) is 0 Å². The van der Waals surface area contributed by atoms with Gasteiger partial charge in [-0.25, -0.2) is 4.79 Å². The maximum absolute atomic E-state index is 12.6. The molecule has 28 heavy (non-hydrogen) atoms. The molecule has 2 aromatic rings. The van der Waals surface area contributed by atoms with Gasteiger partial charge < -0.3 is 24.6 Å². The summed E-state index contributed by atoms with van der Waals surface area (Å²) in [4.78, 5) is 16.8. The van der Waals surface area contributed by atoms with Crippen molar-refractivity contribution in [3.05, 3.63) is 53.1 Å². The van der Waals surface area contributed by atoms with Crippen LogP contribution in [0.4, 0.5) is 10.5 Å². The van der Waals surface area contributed by atoms with Crippen molar-refractivity contribution in [2.24, 2.45) is 0 Å². The van der Waals surface area contributed by atoms with Crippen molar-refractivity contribution in [1.82, 2.24) is 10.2 Å². The average Bonchev–Trinajstić information content (AvgIpc) is 2.72. The Hall–Kier alpha value is -2.89. The van der Waals surface area contributed by atoms with Gasteiger partial charge >= 0.3 is 6.03 Å². The van der Waals surface area contributed by atoms with Gasteiger partial charge in [-0.1, -0.05) is 24.3 Å². The lowest BCUT2D eigenvalue weighted by Crippen LogP contribution is -2.52. The molecule has 0 spiro atoms. The number of para-hydroxylation sites is 1. The molecule has 0 bridgehead atoms. The number of anilines is 1. The number of hydrogen-bond acceptors (Lipinski definition) is 4. The standard InChI is InChI=1S/C22H29N3O3/c1-16-6-5-7-17(2)21(16)24-10-12-25(13-11-24)22(26)23-15-18-8-9-19(27-3)20(14-18)28-4/h5-9,14H,10-13,15H2,1-4H3,(H,23,26). The van der Waals surface area contributed by atoms with Crippen LogP contribution in [0.2, 0.25) is 0 Å². The number of piperazine rings is 1. The van der Waals surface area contributed by atoms with E-state index < -0.39 is 0 Å². The summed E-state index contributed by atoms with van der Waals surface area (Å²) in [5, 5.41) is 3.01. The molecule has 0 radical (unpaired) electrons. The molecule has 150 valence electrons. The van der Waals surface area contributed by atoms with Gasteiger partial charge in [0, 0.05) is 38.4 Å². The van der Waals surface area contributed by atoms with Crippen LogP contribution in [0.5, 0.6) is 11.5 Å². The van der Waals surface area contributed by atoms with E-state index in [9.17, 15) is 4.79 Å². The Balaban J connectivity index is 1.54. The van der Waals surface area contributed by atoms with Crippen LogP contribution in [0, 0.1) is 13.8 Å². The first-order valence-electron chi connectivity index (χ1n) is 9.58. The molecule has 0 unspecified atom stereocenters. The Bertz CT molecular complexity index is 810. The van der Waals surface area contributed by atoms with E-state index in [4.69, 9.17) is 9.47 Å². The fraction of sp³-hybridized carbons (Fsp3) is 0.409. The molecule has 1 fully saturated rings. The highest BCUT2D eigenvalue weighted by Gasteiger charge is 2.22. The number of nitrogens with zero attached hydrogens (tertiary/aromatic N) is 2. The molecule has 0 saturated carbocycles. The first-order chi connectivity index (χ1) is 13.5. The number of benzene rings is 2. The summed E-state index contributed by atoms with van der Waals surface area (Å²) < 4.78 is 10.6. The molecular formula is C22H29N3O3. The molecule has 1 saturated heterocycles. The number of carbonyl (C=O) groups is 1. The van der Waals surface area contributed by atoms with Gasteiger partial charge in [0.25, 0.3) is 0 Å². The van der Waals surface area contributed by atoms with E-state index in [2.05, 4.69) is 42.3 Å². The van der Waals surface area contributed by atoms with Crippen LogP contribution in [0.25, 0.3) is 0 Å². The fourth-order valence-corrected chi connectivity index (χ4v) is 3.72. The quantitative estimate of drug-likeness (QED) is 0.860. The van der Waals surface area contributed by atoms with Crippen LogP contribution in [0.3, 0.4) is 0 Å². The lowest BCUT2D eigenvalue weighted by atomic mass is 10.1. The van der Waals surface area contributed by atoms with Crippen LogP contribution in [0.1, 0.15) is 16.7 Å². The summed E-state index contributed by atoms with van der Waals surface area (Å²) >= 11 is 0. The van der Waals surface area contributed by atoms with E-state index in [0.717, 1.165) is 18.7 Å². The molecule has 2 aromatic carbocycles. The van der Waals surface area contributed by atoms with E-state index in [0.29, 0.717) is 31.1 Å². The third-order valence-electron chi connectivity index (χ3n) is 5.21. The highest BCUT2D eigenvalue weighted by molar-refractivity contribution is 5.74. The summed E-state index contributed by atoms with van der Waals surface area (Å²) in [5.41, 5.74) is 4.84. The summed E-state index contributed by atoms with van der Waals surface area (Å²) in [5.74, 6) is 1.34. The van der Waals surface area contributed by atoms with E-state index in [1.54, 1.807) is 14.2 Å². The zero-order valence-electron chi connectivity index (χ0n) is 17.1. The van der Waals surface area contributed by atoms with E-state index in [1.165, 1.54) is 16.8 Å². The van der Waals surface area contributed by atoms with Crippen molar-refractivity contribution in [3.8, 4) is 11.5 Å². The highest BCUT2D eigenvalue weighted by atomic mass is 16.5. The molecule has 6 nitrogen and oxygen atoms in total. The monoisotopic (exact) mass is 383 g/mol. The minimum Gasteiger partial charge on any atom is -0.493 e. The van der Waals surface area contributed by atoms with Crippen molar-refractivity contribution >= 4 is 11.7 Å². The van der Waals surface area contributed by atoms with Crippen molar-refractivity contribution in [2.75, 3.05) is 45.3 Å². The first-order valence-corrected chi connectivity index (χ1v) is 9.58. The number of urea groups is 1. The molecule has 1 heterocycles. The van der Waals surface area contributed by atoms with E-state index in [1.807, 2.05) is 23.1 Å². The van der Waals surface area contributed by atoms with Crippen LogP contribution in [-0.2, 0) is 6.54 Å². The molecule has 1 aliphatic rings. The van der Waals surface area contributed by atoms with Gasteiger partial charge in [0.2, 0.25) is 0 Å². The molecule has 1 aliphatic heterocycles. The number of carbonyl (C=O) groups excluding carboxylic acids is 1. The van der Waals surface area contributed by atoms with Gasteiger partial charge in [0.15, 0.2) is 11.5 Å². The average molecular weight is 383 g/mol. The molecule has 0 aliphatic carbocycles. The van der Waals surface area contributed by atoms with Gasteiger partial charge in [0.1, 0.15) is 0 Å². The molecule has 2 amide bonds. The zero-order chi connectivity index (χ0) is 20.1. The third-order valence-corrected chi connectivity index (χ3v) is 5.21. The maximum atomic E-state index is 12.6. The van der Waals surface area contributed by atoms with Crippen molar-refractivity contribution < 1.29 is 14.3 Å².